The largest absolute Gasteiger partial charge is 0.383 e. The van der Waals surface area contributed by atoms with Crippen LogP contribution in [0.5, 0.6) is 0 Å². The van der Waals surface area contributed by atoms with Crippen LogP contribution in [0, 0.1) is 6.92 Å². The number of amides is 2. The third kappa shape index (κ3) is 3.55. The van der Waals surface area contributed by atoms with Gasteiger partial charge < -0.3 is 19.9 Å². The molecule has 0 radical (unpaired) electrons. The zero-order valence-electron chi connectivity index (χ0n) is 15.8. The SMILES string of the molecule is COCCn1c(C)cc2cc(NC(=O)NCc3n[nH]c4c3CCC4)ccc21. The van der Waals surface area contributed by atoms with Gasteiger partial charge in [-0.15, -0.1) is 0 Å². The van der Waals surface area contributed by atoms with Gasteiger partial charge in [-0.3, -0.25) is 5.10 Å². The molecule has 2 aromatic heterocycles. The number of hydrogen-bond donors (Lipinski definition) is 3. The van der Waals surface area contributed by atoms with Crippen LogP contribution in [0.25, 0.3) is 10.9 Å². The fourth-order valence-corrected chi connectivity index (χ4v) is 3.84. The van der Waals surface area contributed by atoms with Crippen molar-refractivity contribution < 1.29 is 9.53 Å². The molecule has 0 aliphatic heterocycles. The van der Waals surface area contributed by atoms with E-state index in [9.17, 15) is 4.79 Å². The second kappa shape index (κ2) is 7.44. The topological polar surface area (TPSA) is 84.0 Å². The highest BCUT2D eigenvalue weighted by atomic mass is 16.5. The third-order valence-electron chi connectivity index (χ3n) is 5.19. The summed E-state index contributed by atoms with van der Waals surface area (Å²) in [7, 11) is 1.71. The Kier molecular flexibility index (Phi) is 4.85. The Morgan fingerprint density at radius 1 is 1.33 bits per heavy atom. The number of benzene rings is 1. The molecule has 7 heteroatoms. The van der Waals surface area contributed by atoms with Crippen molar-refractivity contribution in [1.82, 2.24) is 20.1 Å². The van der Waals surface area contributed by atoms with Gasteiger partial charge in [-0.25, -0.2) is 4.79 Å². The van der Waals surface area contributed by atoms with E-state index in [1.807, 2.05) is 18.2 Å². The summed E-state index contributed by atoms with van der Waals surface area (Å²) in [5.41, 5.74) is 6.52. The number of ether oxygens (including phenoxy) is 1. The first-order valence-corrected chi connectivity index (χ1v) is 9.34. The first kappa shape index (κ1) is 17.6. The minimum Gasteiger partial charge on any atom is -0.383 e. The predicted molar refractivity (Wildman–Crippen MR) is 105 cm³/mol. The maximum absolute atomic E-state index is 12.3. The number of rotatable bonds is 6. The lowest BCUT2D eigenvalue weighted by atomic mass is 10.2. The Labute approximate surface area is 158 Å². The maximum atomic E-state index is 12.3. The lowest BCUT2D eigenvalue weighted by molar-refractivity contribution is 0.188. The molecule has 2 amide bonds. The predicted octanol–water partition coefficient (Wildman–Crippen LogP) is 3.13. The van der Waals surface area contributed by atoms with Crippen molar-refractivity contribution in [3.63, 3.8) is 0 Å². The van der Waals surface area contributed by atoms with E-state index in [0.717, 1.165) is 48.1 Å². The van der Waals surface area contributed by atoms with E-state index in [1.54, 1.807) is 7.11 Å². The van der Waals surface area contributed by atoms with E-state index >= 15 is 0 Å². The number of aromatic amines is 1. The number of urea groups is 1. The second-order valence-corrected chi connectivity index (χ2v) is 6.99. The van der Waals surface area contributed by atoms with Crippen molar-refractivity contribution in [2.75, 3.05) is 19.0 Å². The molecule has 0 atom stereocenters. The van der Waals surface area contributed by atoms with Crippen molar-refractivity contribution in [2.24, 2.45) is 0 Å². The van der Waals surface area contributed by atoms with Crippen molar-refractivity contribution >= 4 is 22.6 Å². The normalized spacial score (nSPS) is 13.1. The summed E-state index contributed by atoms with van der Waals surface area (Å²) in [6, 6.07) is 7.86. The first-order valence-electron chi connectivity index (χ1n) is 9.34. The lowest BCUT2D eigenvalue weighted by Gasteiger charge is -2.09. The van der Waals surface area contributed by atoms with Crippen LogP contribution in [-0.4, -0.2) is 34.5 Å². The van der Waals surface area contributed by atoms with Crippen LogP contribution < -0.4 is 10.6 Å². The number of nitrogens with zero attached hydrogens (tertiary/aromatic N) is 2. The maximum Gasteiger partial charge on any atom is 0.319 e. The molecule has 0 bridgehead atoms. The Bertz CT molecular complexity index is 972. The fourth-order valence-electron chi connectivity index (χ4n) is 3.84. The molecule has 3 N–H and O–H groups in total. The number of carbonyl (C=O) groups excluding carboxylic acids is 1. The summed E-state index contributed by atoms with van der Waals surface area (Å²) in [5, 5.41) is 14.3. The van der Waals surface area contributed by atoms with E-state index in [2.05, 4.69) is 38.4 Å². The number of fused-ring (bicyclic) bond motifs is 2. The van der Waals surface area contributed by atoms with Gasteiger partial charge in [-0.05, 0) is 56.0 Å². The summed E-state index contributed by atoms with van der Waals surface area (Å²) in [5.74, 6) is 0. The van der Waals surface area contributed by atoms with Gasteiger partial charge >= 0.3 is 6.03 Å². The number of nitrogens with one attached hydrogen (secondary N) is 3. The van der Waals surface area contributed by atoms with Crippen LogP contribution in [0.1, 0.15) is 29.1 Å². The molecule has 27 heavy (non-hydrogen) atoms. The molecule has 0 fully saturated rings. The van der Waals surface area contributed by atoms with Crippen LogP contribution in [0.3, 0.4) is 0 Å². The molecule has 4 rings (SSSR count). The van der Waals surface area contributed by atoms with Gasteiger partial charge in [0, 0.05) is 41.6 Å². The molecule has 1 aliphatic carbocycles. The molecule has 0 saturated heterocycles. The number of aromatic nitrogens is 3. The number of carbonyl (C=O) groups is 1. The monoisotopic (exact) mass is 367 g/mol. The molecule has 1 aromatic carbocycles. The summed E-state index contributed by atoms with van der Waals surface area (Å²) >= 11 is 0. The zero-order valence-corrected chi connectivity index (χ0v) is 15.8. The standard InChI is InChI=1S/C20H25N5O2/c1-13-10-14-11-15(6-7-19(14)25(13)8-9-27-2)22-20(26)21-12-18-16-4-3-5-17(16)23-24-18/h6-7,10-11H,3-5,8-9,12H2,1-2H3,(H,23,24)(H2,21,22,26). The summed E-state index contributed by atoms with van der Waals surface area (Å²) in [6.07, 6.45) is 3.25. The van der Waals surface area contributed by atoms with Gasteiger partial charge in [-0.2, -0.15) is 5.10 Å². The van der Waals surface area contributed by atoms with Gasteiger partial charge in [0.15, 0.2) is 0 Å². The summed E-state index contributed by atoms with van der Waals surface area (Å²) in [6.45, 7) is 4.00. The van der Waals surface area contributed by atoms with Crippen LogP contribution in [0.2, 0.25) is 0 Å². The molecule has 3 aromatic rings. The Hall–Kier alpha value is -2.80. The van der Waals surface area contributed by atoms with Crippen LogP contribution >= 0.6 is 0 Å². The quantitative estimate of drug-likeness (QED) is 0.626. The Morgan fingerprint density at radius 2 is 2.22 bits per heavy atom. The van der Waals surface area contributed by atoms with Crippen LogP contribution in [0.4, 0.5) is 10.5 Å². The molecule has 0 unspecified atom stereocenters. The van der Waals surface area contributed by atoms with Gasteiger partial charge in [0.1, 0.15) is 0 Å². The molecule has 7 nitrogen and oxygen atoms in total. The molecule has 1 aliphatic rings. The van der Waals surface area contributed by atoms with Gasteiger partial charge in [0.25, 0.3) is 0 Å². The Balaban J connectivity index is 1.41. The number of aryl methyl sites for hydroxylation is 2. The molecular formula is C20H25N5O2. The zero-order chi connectivity index (χ0) is 18.8. The van der Waals surface area contributed by atoms with Crippen molar-refractivity contribution in [3.8, 4) is 0 Å². The minimum absolute atomic E-state index is 0.223. The number of anilines is 1. The summed E-state index contributed by atoms with van der Waals surface area (Å²) < 4.78 is 7.41. The van der Waals surface area contributed by atoms with Crippen molar-refractivity contribution in [1.29, 1.82) is 0 Å². The van der Waals surface area contributed by atoms with E-state index in [4.69, 9.17) is 4.74 Å². The number of H-pyrrole nitrogens is 1. The highest BCUT2D eigenvalue weighted by Crippen LogP contribution is 2.24. The van der Waals surface area contributed by atoms with E-state index in [0.29, 0.717) is 13.2 Å². The molecule has 0 saturated carbocycles. The smallest absolute Gasteiger partial charge is 0.319 e. The summed E-state index contributed by atoms with van der Waals surface area (Å²) in [4.78, 5) is 12.3. The average Bonchev–Trinajstić information content (AvgIpc) is 3.32. The van der Waals surface area contributed by atoms with Gasteiger partial charge in [-0.1, -0.05) is 0 Å². The average molecular weight is 367 g/mol. The lowest BCUT2D eigenvalue weighted by Crippen LogP contribution is -2.28. The second-order valence-electron chi connectivity index (χ2n) is 6.99. The highest BCUT2D eigenvalue weighted by molar-refractivity contribution is 5.93. The fraction of sp³-hybridized carbons (Fsp3) is 0.400. The minimum atomic E-state index is -0.223. The van der Waals surface area contributed by atoms with Gasteiger partial charge in [0.05, 0.1) is 18.8 Å². The van der Waals surface area contributed by atoms with Crippen molar-refractivity contribution in [2.45, 2.75) is 39.3 Å². The molecule has 0 spiro atoms. The Morgan fingerprint density at radius 3 is 3.07 bits per heavy atom. The van der Waals surface area contributed by atoms with Crippen LogP contribution in [-0.2, 0) is 30.7 Å². The molecule has 2 heterocycles. The number of hydrogen-bond acceptors (Lipinski definition) is 3. The van der Waals surface area contributed by atoms with E-state index in [1.165, 1.54) is 17.0 Å². The van der Waals surface area contributed by atoms with E-state index < -0.39 is 0 Å². The molecular weight excluding hydrogens is 342 g/mol. The van der Waals surface area contributed by atoms with E-state index in [-0.39, 0.29) is 6.03 Å². The molecule has 142 valence electrons. The number of methoxy groups -OCH3 is 1. The van der Waals surface area contributed by atoms with Crippen LogP contribution in [0.15, 0.2) is 24.3 Å². The van der Waals surface area contributed by atoms with Crippen molar-refractivity contribution in [3.05, 3.63) is 46.9 Å². The first-order chi connectivity index (χ1) is 13.2. The third-order valence-corrected chi connectivity index (χ3v) is 5.19. The van der Waals surface area contributed by atoms with Gasteiger partial charge in [0.2, 0.25) is 0 Å². The highest BCUT2D eigenvalue weighted by Gasteiger charge is 2.18.